The van der Waals surface area contributed by atoms with Crippen molar-refractivity contribution in [3.05, 3.63) is 15.9 Å². The molecule has 0 atom stereocenters. The summed E-state index contributed by atoms with van der Waals surface area (Å²) in [6.07, 6.45) is 0. The Hall–Kier alpha value is -0.840. The molecule has 0 fully saturated rings. The van der Waals surface area contributed by atoms with Gasteiger partial charge in [-0.25, -0.2) is 4.79 Å². The van der Waals surface area contributed by atoms with Gasteiger partial charge >= 0.3 is 5.97 Å². The zero-order valence-electron chi connectivity index (χ0n) is 10.3. The molecular weight excluding hydrogens is 272 g/mol. The van der Waals surface area contributed by atoms with Gasteiger partial charge in [0.15, 0.2) is 5.69 Å². The molecule has 0 saturated carbocycles. The smallest absolute Gasteiger partial charge is 0.357 e. The van der Waals surface area contributed by atoms with Gasteiger partial charge in [0.1, 0.15) is 0 Å². The minimum Gasteiger partial charge on any atom is -0.461 e. The van der Waals surface area contributed by atoms with E-state index in [1.807, 2.05) is 27.7 Å². The highest BCUT2D eigenvalue weighted by molar-refractivity contribution is 9.10. The quantitative estimate of drug-likeness (QED) is 0.786. The molecule has 0 radical (unpaired) electrons. The number of ether oxygens (including phenoxy) is 1. The fourth-order valence-corrected chi connectivity index (χ4v) is 1.78. The van der Waals surface area contributed by atoms with Gasteiger partial charge in [-0.05, 0) is 50.5 Å². The minimum atomic E-state index is -0.343. The monoisotopic (exact) mass is 288 g/mol. The molecule has 1 heterocycles. The molecule has 5 heteroatoms. The van der Waals surface area contributed by atoms with Crippen LogP contribution in [-0.2, 0) is 10.3 Å². The molecule has 1 rings (SSSR count). The van der Waals surface area contributed by atoms with Crippen LogP contribution in [0.4, 0.5) is 0 Å². The third-order valence-corrected chi connectivity index (χ3v) is 3.04. The largest absolute Gasteiger partial charge is 0.461 e. The van der Waals surface area contributed by atoms with Gasteiger partial charge in [-0.15, -0.1) is 0 Å². The first kappa shape index (κ1) is 13.2. The molecule has 0 amide bonds. The number of esters is 1. The standard InChI is InChI=1S/C11H17BrN2O2/c1-6-16-10(15)9-8(12)7(2)13-14(9)11(3,4)5/h6H2,1-5H3. The molecule has 0 aliphatic heterocycles. The lowest BCUT2D eigenvalue weighted by Gasteiger charge is -2.21. The van der Waals surface area contributed by atoms with Crippen molar-refractivity contribution in [1.82, 2.24) is 9.78 Å². The number of hydrogen-bond acceptors (Lipinski definition) is 3. The lowest BCUT2D eigenvalue weighted by molar-refractivity contribution is 0.0502. The SMILES string of the molecule is CCOC(=O)c1c(Br)c(C)nn1C(C)(C)C. The Morgan fingerprint density at radius 2 is 2.06 bits per heavy atom. The van der Waals surface area contributed by atoms with Crippen LogP contribution in [-0.4, -0.2) is 22.4 Å². The van der Waals surface area contributed by atoms with Crippen molar-refractivity contribution < 1.29 is 9.53 Å². The molecule has 90 valence electrons. The van der Waals surface area contributed by atoms with Crippen molar-refractivity contribution >= 4 is 21.9 Å². The second-order valence-electron chi connectivity index (χ2n) is 4.55. The van der Waals surface area contributed by atoms with Crippen molar-refractivity contribution in [2.45, 2.75) is 40.2 Å². The molecule has 4 nitrogen and oxygen atoms in total. The molecule has 0 spiro atoms. The van der Waals surface area contributed by atoms with Crippen LogP contribution in [0, 0.1) is 6.92 Å². The van der Waals surface area contributed by atoms with Crippen LogP contribution in [0.15, 0.2) is 4.47 Å². The number of aryl methyl sites for hydroxylation is 1. The fraction of sp³-hybridized carbons (Fsp3) is 0.636. The summed E-state index contributed by atoms with van der Waals surface area (Å²) in [6.45, 7) is 9.99. The maximum atomic E-state index is 11.8. The van der Waals surface area contributed by atoms with Gasteiger partial charge in [0.05, 0.1) is 22.3 Å². The Morgan fingerprint density at radius 1 is 1.50 bits per heavy atom. The van der Waals surface area contributed by atoms with E-state index in [4.69, 9.17) is 4.74 Å². The number of carbonyl (C=O) groups excluding carboxylic acids is 1. The predicted molar refractivity (Wildman–Crippen MR) is 65.6 cm³/mol. The summed E-state index contributed by atoms with van der Waals surface area (Å²) in [5, 5.41) is 4.35. The topological polar surface area (TPSA) is 44.1 Å². The van der Waals surface area contributed by atoms with E-state index < -0.39 is 0 Å². The highest BCUT2D eigenvalue weighted by Gasteiger charge is 2.27. The lowest BCUT2D eigenvalue weighted by Crippen LogP contribution is -2.28. The van der Waals surface area contributed by atoms with E-state index in [0.717, 1.165) is 5.69 Å². The van der Waals surface area contributed by atoms with E-state index in [1.165, 1.54) is 0 Å². The Morgan fingerprint density at radius 3 is 2.50 bits per heavy atom. The van der Waals surface area contributed by atoms with Gasteiger partial charge in [-0.2, -0.15) is 5.10 Å². The van der Waals surface area contributed by atoms with Gasteiger partial charge in [-0.1, -0.05) is 0 Å². The molecular formula is C11H17BrN2O2. The molecule has 0 unspecified atom stereocenters. The van der Waals surface area contributed by atoms with Gasteiger partial charge < -0.3 is 4.74 Å². The van der Waals surface area contributed by atoms with Crippen molar-refractivity contribution in [2.24, 2.45) is 0 Å². The molecule has 0 aromatic carbocycles. The number of aromatic nitrogens is 2. The average Bonchev–Trinajstić information content (AvgIpc) is 2.43. The van der Waals surface area contributed by atoms with Gasteiger partial charge in [-0.3, -0.25) is 4.68 Å². The summed E-state index contributed by atoms with van der Waals surface area (Å²) in [7, 11) is 0. The second kappa shape index (κ2) is 4.57. The summed E-state index contributed by atoms with van der Waals surface area (Å²) in [5.74, 6) is -0.343. The normalized spacial score (nSPS) is 11.6. The molecule has 0 bridgehead atoms. The first-order chi connectivity index (χ1) is 7.29. The van der Waals surface area contributed by atoms with Crippen molar-refractivity contribution in [3.63, 3.8) is 0 Å². The molecule has 0 aliphatic carbocycles. The third kappa shape index (κ3) is 2.45. The van der Waals surface area contributed by atoms with Crippen LogP contribution in [0.25, 0.3) is 0 Å². The van der Waals surface area contributed by atoms with E-state index >= 15 is 0 Å². The molecule has 0 N–H and O–H groups in total. The third-order valence-electron chi connectivity index (χ3n) is 2.09. The Bertz CT molecular complexity index is 405. The lowest BCUT2D eigenvalue weighted by atomic mass is 10.1. The van der Waals surface area contributed by atoms with Gasteiger partial charge in [0.2, 0.25) is 0 Å². The van der Waals surface area contributed by atoms with E-state index in [-0.39, 0.29) is 11.5 Å². The average molecular weight is 289 g/mol. The summed E-state index contributed by atoms with van der Waals surface area (Å²) in [4.78, 5) is 11.8. The van der Waals surface area contributed by atoms with E-state index in [2.05, 4.69) is 21.0 Å². The predicted octanol–water partition coefficient (Wildman–Crippen LogP) is 2.89. The highest BCUT2D eigenvalue weighted by Crippen LogP contribution is 2.26. The number of halogens is 1. The number of carbonyl (C=O) groups is 1. The Labute approximate surface area is 104 Å². The first-order valence-electron chi connectivity index (χ1n) is 5.21. The molecule has 1 aromatic rings. The van der Waals surface area contributed by atoms with Crippen molar-refractivity contribution in [2.75, 3.05) is 6.61 Å². The van der Waals surface area contributed by atoms with Crippen LogP contribution in [0.1, 0.15) is 43.9 Å². The maximum absolute atomic E-state index is 11.8. The Balaban J connectivity index is 3.30. The van der Waals surface area contributed by atoms with Crippen LogP contribution >= 0.6 is 15.9 Å². The molecule has 16 heavy (non-hydrogen) atoms. The summed E-state index contributed by atoms with van der Waals surface area (Å²) >= 11 is 3.38. The molecule has 1 aromatic heterocycles. The Kier molecular flexibility index (Phi) is 3.78. The summed E-state index contributed by atoms with van der Waals surface area (Å²) in [6, 6.07) is 0. The highest BCUT2D eigenvalue weighted by atomic mass is 79.9. The van der Waals surface area contributed by atoms with E-state index in [0.29, 0.717) is 16.8 Å². The summed E-state index contributed by atoms with van der Waals surface area (Å²) in [5.41, 5.74) is 1.02. The van der Waals surface area contributed by atoms with Crippen LogP contribution in [0.2, 0.25) is 0 Å². The minimum absolute atomic E-state index is 0.251. The zero-order valence-corrected chi connectivity index (χ0v) is 11.9. The number of nitrogens with zero attached hydrogens (tertiary/aromatic N) is 2. The zero-order chi connectivity index (χ0) is 12.5. The van der Waals surface area contributed by atoms with Gasteiger partial charge in [0.25, 0.3) is 0 Å². The van der Waals surface area contributed by atoms with Crippen LogP contribution < -0.4 is 0 Å². The maximum Gasteiger partial charge on any atom is 0.357 e. The first-order valence-corrected chi connectivity index (χ1v) is 6.01. The van der Waals surface area contributed by atoms with Crippen LogP contribution in [0.5, 0.6) is 0 Å². The fourth-order valence-electron chi connectivity index (χ4n) is 1.37. The van der Waals surface area contributed by atoms with E-state index in [1.54, 1.807) is 11.6 Å². The van der Waals surface area contributed by atoms with Crippen molar-refractivity contribution in [3.8, 4) is 0 Å². The second-order valence-corrected chi connectivity index (χ2v) is 5.34. The van der Waals surface area contributed by atoms with Crippen LogP contribution in [0.3, 0.4) is 0 Å². The number of rotatable bonds is 2. The van der Waals surface area contributed by atoms with Gasteiger partial charge in [0, 0.05) is 0 Å². The van der Waals surface area contributed by atoms with Crippen molar-refractivity contribution in [1.29, 1.82) is 0 Å². The molecule has 0 aliphatic rings. The van der Waals surface area contributed by atoms with E-state index in [9.17, 15) is 4.79 Å². The molecule has 0 saturated heterocycles. The summed E-state index contributed by atoms with van der Waals surface area (Å²) < 4.78 is 7.44. The number of hydrogen-bond donors (Lipinski definition) is 0.